The first kappa shape index (κ1) is 25.7. The van der Waals surface area contributed by atoms with E-state index in [-0.39, 0.29) is 32.1 Å². The number of hydrogen-bond acceptors (Lipinski definition) is 6. The zero-order valence-electron chi connectivity index (χ0n) is 20.6. The molecule has 3 aromatic carbocycles. The SMILES string of the molecule is COCCN(CC(=O)N1N=C(c2ccccc2Cl)C[C@H]1c1ccc2c(c1)OCO2)C(=O)c1cccc(F)c1. The number of nitrogens with zero attached hydrogens (tertiary/aromatic N) is 3. The van der Waals surface area contributed by atoms with Crippen molar-refractivity contribution in [1.29, 1.82) is 0 Å². The van der Waals surface area contributed by atoms with Crippen molar-refractivity contribution in [3.8, 4) is 11.5 Å². The summed E-state index contributed by atoms with van der Waals surface area (Å²) in [7, 11) is 1.50. The number of ether oxygens (including phenoxy) is 3. The lowest BCUT2D eigenvalue weighted by Gasteiger charge is -2.27. The van der Waals surface area contributed by atoms with Crippen LogP contribution in [-0.2, 0) is 9.53 Å². The molecular weight excluding hydrogens is 513 g/mol. The summed E-state index contributed by atoms with van der Waals surface area (Å²) in [5, 5.41) is 6.57. The first-order valence-electron chi connectivity index (χ1n) is 12.0. The van der Waals surface area contributed by atoms with Crippen LogP contribution < -0.4 is 9.47 Å². The fourth-order valence-corrected chi connectivity index (χ4v) is 4.72. The molecule has 0 unspecified atom stereocenters. The molecule has 10 heteroatoms. The average Bonchev–Trinajstić information content (AvgIpc) is 3.58. The van der Waals surface area contributed by atoms with Gasteiger partial charge in [-0.2, -0.15) is 5.10 Å². The molecule has 0 saturated carbocycles. The van der Waals surface area contributed by atoms with Crippen molar-refractivity contribution in [2.24, 2.45) is 5.10 Å². The van der Waals surface area contributed by atoms with Gasteiger partial charge in [0.25, 0.3) is 11.8 Å². The summed E-state index contributed by atoms with van der Waals surface area (Å²) in [5.74, 6) is -0.211. The van der Waals surface area contributed by atoms with Gasteiger partial charge in [-0.05, 0) is 42.0 Å². The van der Waals surface area contributed by atoms with Crippen molar-refractivity contribution < 1.29 is 28.2 Å². The van der Waals surface area contributed by atoms with Crippen molar-refractivity contribution in [1.82, 2.24) is 9.91 Å². The molecule has 2 heterocycles. The van der Waals surface area contributed by atoms with Crippen LogP contribution >= 0.6 is 11.6 Å². The third-order valence-electron chi connectivity index (χ3n) is 6.38. The highest BCUT2D eigenvalue weighted by Crippen LogP contribution is 2.39. The predicted octanol–water partition coefficient (Wildman–Crippen LogP) is 4.67. The van der Waals surface area contributed by atoms with E-state index in [2.05, 4.69) is 5.10 Å². The summed E-state index contributed by atoms with van der Waals surface area (Å²) in [6.45, 7) is 0.193. The summed E-state index contributed by atoms with van der Waals surface area (Å²) in [5.41, 5.74) is 2.31. The number of carbonyl (C=O) groups excluding carboxylic acids is 2. The fourth-order valence-electron chi connectivity index (χ4n) is 4.47. The van der Waals surface area contributed by atoms with E-state index in [0.717, 1.165) is 17.2 Å². The fraction of sp³-hybridized carbons (Fsp3) is 0.250. The van der Waals surface area contributed by atoms with Crippen molar-refractivity contribution in [2.75, 3.05) is 33.6 Å². The van der Waals surface area contributed by atoms with Gasteiger partial charge in [0.05, 0.1) is 18.4 Å². The Morgan fingerprint density at radius 2 is 1.92 bits per heavy atom. The van der Waals surface area contributed by atoms with E-state index >= 15 is 0 Å². The standard InChI is InChI=1S/C28H25ClFN3O5/c1-36-12-11-32(28(35)19-5-4-6-20(30)13-19)16-27(34)33-24(18-9-10-25-26(14-18)38-17-37-25)15-23(31-33)21-7-2-3-8-22(21)29/h2-10,13-14,24H,11-12,15-17H2,1H3/t24-/m0/s1. The Morgan fingerprint density at radius 3 is 2.71 bits per heavy atom. The van der Waals surface area contributed by atoms with E-state index in [4.69, 9.17) is 25.8 Å². The summed E-state index contributed by atoms with van der Waals surface area (Å²) in [6.07, 6.45) is 0.408. The second-order valence-electron chi connectivity index (χ2n) is 8.83. The van der Waals surface area contributed by atoms with Gasteiger partial charge in [-0.3, -0.25) is 9.59 Å². The molecule has 2 aliphatic heterocycles. The molecule has 0 aromatic heterocycles. The molecule has 0 aliphatic carbocycles. The maximum Gasteiger partial charge on any atom is 0.262 e. The molecule has 0 radical (unpaired) electrons. The molecule has 3 aromatic rings. The largest absolute Gasteiger partial charge is 0.454 e. The maximum atomic E-state index is 13.8. The number of amides is 2. The van der Waals surface area contributed by atoms with Gasteiger partial charge in [-0.1, -0.05) is 41.9 Å². The maximum absolute atomic E-state index is 13.8. The van der Waals surface area contributed by atoms with Crippen LogP contribution in [0.3, 0.4) is 0 Å². The minimum absolute atomic E-state index is 0.129. The first-order chi connectivity index (χ1) is 18.4. The molecule has 0 N–H and O–H groups in total. The summed E-state index contributed by atoms with van der Waals surface area (Å²) >= 11 is 6.45. The highest BCUT2D eigenvalue weighted by atomic mass is 35.5. The minimum atomic E-state index is -0.537. The number of halogens is 2. The van der Waals surface area contributed by atoms with E-state index in [1.165, 1.54) is 35.2 Å². The number of carbonyl (C=O) groups is 2. The van der Waals surface area contributed by atoms with E-state index in [1.807, 2.05) is 30.3 Å². The summed E-state index contributed by atoms with van der Waals surface area (Å²) < 4.78 is 29.9. The average molecular weight is 538 g/mol. The van der Waals surface area contributed by atoms with Gasteiger partial charge in [-0.15, -0.1) is 0 Å². The Kier molecular flexibility index (Phi) is 7.57. The van der Waals surface area contributed by atoms with Crippen LogP contribution in [0, 0.1) is 5.82 Å². The zero-order valence-corrected chi connectivity index (χ0v) is 21.4. The number of methoxy groups -OCH3 is 1. The minimum Gasteiger partial charge on any atom is -0.454 e. The second kappa shape index (κ2) is 11.2. The van der Waals surface area contributed by atoms with Crippen LogP contribution in [0.15, 0.2) is 71.8 Å². The lowest BCUT2D eigenvalue weighted by atomic mass is 9.98. The van der Waals surface area contributed by atoms with Crippen LogP contribution in [0.1, 0.15) is 33.9 Å². The van der Waals surface area contributed by atoms with Crippen LogP contribution in [0.2, 0.25) is 5.02 Å². The molecule has 5 rings (SSSR count). The number of hydrogen-bond donors (Lipinski definition) is 0. The Morgan fingerprint density at radius 1 is 1.11 bits per heavy atom. The van der Waals surface area contributed by atoms with Gasteiger partial charge in [0, 0.05) is 36.2 Å². The summed E-state index contributed by atoms with van der Waals surface area (Å²) in [4.78, 5) is 28.3. The molecule has 1 atom stereocenters. The third kappa shape index (κ3) is 5.34. The quantitative estimate of drug-likeness (QED) is 0.417. The lowest BCUT2D eigenvalue weighted by molar-refractivity contribution is -0.133. The van der Waals surface area contributed by atoms with Crippen molar-refractivity contribution in [2.45, 2.75) is 12.5 Å². The zero-order chi connectivity index (χ0) is 26.6. The molecule has 8 nitrogen and oxygen atoms in total. The predicted molar refractivity (Wildman–Crippen MR) is 139 cm³/mol. The van der Waals surface area contributed by atoms with Crippen molar-refractivity contribution in [3.05, 3.63) is 94.3 Å². The van der Waals surface area contributed by atoms with Gasteiger partial charge in [0.2, 0.25) is 6.79 Å². The normalized spacial score (nSPS) is 15.9. The van der Waals surface area contributed by atoms with Gasteiger partial charge in [0.15, 0.2) is 11.5 Å². The Bertz CT molecular complexity index is 1400. The highest BCUT2D eigenvalue weighted by Gasteiger charge is 2.36. The smallest absolute Gasteiger partial charge is 0.262 e. The van der Waals surface area contributed by atoms with E-state index < -0.39 is 23.7 Å². The van der Waals surface area contributed by atoms with Crippen molar-refractivity contribution >= 4 is 29.1 Å². The number of benzene rings is 3. The molecule has 0 fully saturated rings. The van der Waals surface area contributed by atoms with Gasteiger partial charge in [-0.25, -0.2) is 9.40 Å². The van der Waals surface area contributed by atoms with Crippen molar-refractivity contribution in [3.63, 3.8) is 0 Å². The van der Waals surface area contributed by atoms with Gasteiger partial charge >= 0.3 is 0 Å². The molecule has 38 heavy (non-hydrogen) atoms. The topological polar surface area (TPSA) is 80.7 Å². The Labute approximate surface area is 224 Å². The van der Waals surface area contributed by atoms with E-state index in [9.17, 15) is 14.0 Å². The monoisotopic (exact) mass is 537 g/mol. The molecule has 0 bridgehead atoms. The second-order valence-corrected chi connectivity index (χ2v) is 9.23. The van der Waals surface area contributed by atoms with Gasteiger partial charge in [0.1, 0.15) is 12.4 Å². The molecule has 196 valence electrons. The van der Waals surface area contributed by atoms with Crippen LogP contribution in [0.4, 0.5) is 4.39 Å². The van der Waals surface area contributed by atoms with E-state index in [1.54, 1.807) is 12.1 Å². The number of rotatable bonds is 8. The third-order valence-corrected chi connectivity index (χ3v) is 6.71. The van der Waals surface area contributed by atoms with Crippen LogP contribution in [0.25, 0.3) is 0 Å². The van der Waals surface area contributed by atoms with Crippen LogP contribution in [-0.4, -0.2) is 61.0 Å². The lowest BCUT2D eigenvalue weighted by Crippen LogP contribution is -2.42. The first-order valence-corrected chi connectivity index (χ1v) is 12.4. The Balaban J connectivity index is 1.46. The Hall–Kier alpha value is -3.95. The number of hydrazone groups is 1. The molecule has 2 aliphatic rings. The molecule has 2 amide bonds. The van der Waals surface area contributed by atoms with Gasteiger partial charge < -0.3 is 19.1 Å². The van der Waals surface area contributed by atoms with E-state index in [0.29, 0.717) is 28.7 Å². The summed E-state index contributed by atoms with van der Waals surface area (Å²) in [6, 6.07) is 17.7. The highest BCUT2D eigenvalue weighted by molar-refractivity contribution is 6.34. The molecule has 0 saturated heterocycles. The molecular formula is C28H25ClFN3O5. The molecule has 0 spiro atoms. The number of fused-ring (bicyclic) bond motifs is 1. The van der Waals surface area contributed by atoms with Crippen LogP contribution in [0.5, 0.6) is 11.5 Å².